The van der Waals surface area contributed by atoms with Crippen LogP contribution in [0.3, 0.4) is 0 Å². The first kappa shape index (κ1) is 9.00. The first-order valence-electron chi connectivity index (χ1n) is 4.82. The Morgan fingerprint density at radius 2 is 2.29 bits per heavy atom. The van der Waals surface area contributed by atoms with Gasteiger partial charge in [0.2, 0.25) is 0 Å². The number of aryl methyl sites for hydroxylation is 1. The first-order chi connectivity index (χ1) is 6.86. The Labute approximate surface area is 83.9 Å². The number of hydrogen-bond donors (Lipinski definition) is 0. The fourth-order valence-corrected chi connectivity index (χ4v) is 1.37. The predicted octanol–water partition coefficient (Wildman–Crippen LogP) is 3.00. The molecule has 0 bridgehead atoms. The fourth-order valence-electron chi connectivity index (χ4n) is 1.37. The smallest absolute Gasteiger partial charge is 0.148 e. The van der Waals surface area contributed by atoms with Crippen LogP contribution >= 0.6 is 0 Å². The van der Waals surface area contributed by atoms with Crippen LogP contribution in [0.4, 0.5) is 0 Å². The van der Waals surface area contributed by atoms with Crippen molar-refractivity contribution in [1.29, 1.82) is 0 Å². The molecular formula is C12H13NO. The van der Waals surface area contributed by atoms with Crippen molar-refractivity contribution < 1.29 is 4.74 Å². The lowest BCUT2D eigenvalue weighted by molar-refractivity contribution is 0.433. The maximum Gasteiger partial charge on any atom is 0.148 e. The first-order valence-corrected chi connectivity index (χ1v) is 4.82. The fraction of sp³-hybridized carbons (Fsp3) is 0.250. The molecule has 0 spiro atoms. The molecule has 0 fully saturated rings. The van der Waals surface area contributed by atoms with Gasteiger partial charge in [0, 0.05) is 6.20 Å². The minimum Gasteiger partial charge on any atom is -0.456 e. The lowest BCUT2D eigenvalue weighted by Gasteiger charge is -2.10. The molecule has 2 heteroatoms. The lowest BCUT2D eigenvalue weighted by Crippen LogP contribution is -1.97. The van der Waals surface area contributed by atoms with Gasteiger partial charge in [0.25, 0.3) is 0 Å². The Kier molecular flexibility index (Phi) is 2.63. The zero-order chi connectivity index (χ0) is 9.80. The average molecular weight is 187 g/mol. The molecule has 1 aromatic heterocycles. The average Bonchev–Trinajstić information content (AvgIpc) is 2.23. The van der Waals surface area contributed by atoms with Crippen LogP contribution in [0.5, 0.6) is 5.75 Å². The molecule has 0 radical (unpaired) electrons. The summed E-state index contributed by atoms with van der Waals surface area (Å²) in [4.78, 5) is 4.17. The van der Waals surface area contributed by atoms with Gasteiger partial charge in [-0.1, -0.05) is 6.08 Å². The summed E-state index contributed by atoms with van der Waals surface area (Å²) >= 11 is 0. The molecule has 0 N–H and O–H groups in total. The van der Waals surface area contributed by atoms with Crippen molar-refractivity contribution in [3.05, 3.63) is 48.0 Å². The Bertz CT molecular complexity index is 380. The molecule has 0 amide bonds. The molecule has 0 atom stereocenters. The minimum absolute atomic E-state index is 0.838. The van der Waals surface area contributed by atoms with Crippen LogP contribution in [-0.2, 0) is 0 Å². The van der Waals surface area contributed by atoms with Crippen LogP contribution in [0, 0.1) is 6.92 Å². The number of hydrogen-bond acceptors (Lipinski definition) is 2. The summed E-state index contributed by atoms with van der Waals surface area (Å²) in [5.41, 5.74) is 0.923. The highest BCUT2D eigenvalue weighted by Crippen LogP contribution is 2.19. The maximum atomic E-state index is 5.70. The van der Waals surface area contributed by atoms with E-state index in [1.165, 1.54) is 0 Å². The third-order valence-corrected chi connectivity index (χ3v) is 2.15. The Morgan fingerprint density at radius 1 is 1.36 bits per heavy atom. The van der Waals surface area contributed by atoms with E-state index in [2.05, 4.69) is 17.1 Å². The van der Waals surface area contributed by atoms with E-state index in [1.54, 1.807) is 6.20 Å². The third-order valence-electron chi connectivity index (χ3n) is 2.15. The zero-order valence-corrected chi connectivity index (χ0v) is 8.23. The van der Waals surface area contributed by atoms with E-state index < -0.39 is 0 Å². The predicted molar refractivity (Wildman–Crippen MR) is 56.1 cm³/mol. The summed E-state index contributed by atoms with van der Waals surface area (Å²) in [6, 6.07) is 3.82. The van der Waals surface area contributed by atoms with Crippen molar-refractivity contribution in [3.63, 3.8) is 0 Å². The maximum absolute atomic E-state index is 5.70. The standard InChI is InChI=1S/C12H13NO/c1-10-12(8-5-9-13-10)14-11-6-3-2-4-7-11/h3,5-9H,2,4H2,1H3. The van der Waals surface area contributed by atoms with Crippen molar-refractivity contribution in [2.45, 2.75) is 19.8 Å². The summed E-state index contributed by atoms with van der Waals surface area (Å²) in [6.45, 7) is 1.95. The molecule has 0 aliphatic heterocycles. The molecular weight excluding hydrogens is 174 g/mol. The number of aromatic nitrogens is 1. The van der Waals surface area contributed by atoms with Gasteiger partial charge in [-0.3, -0.25) is 4.98 Å². The molecule has 0 unspecified atom stereocenters. The van der Waals surface area contributed by atoms with Crippen LogP contribution in [0.2, 0.25) is 0 Å². The molecule has 2 nitrogen and oxygen atoms in total. The summed E-state index contributed by atoms with van der Waals surface area (Å²) in [5, 5.41) is 0. The Balaban J connectivity index is 2.14. The summed E-state index contributed by atoms with van der Waals surface area (Å²) in [6.07, 6.45) is 10.2. The monoisotopic (exact) mass is 187 g/mol. The zero-order valence-electron chi connectivity index (χ0n) is 8.23. The number of nitrogens with zero attached hydrogens (tertiary/aromatic N) is 1. The van der Waals surface area contributed by atoms with Gasteiger partial charge in [0.15, 0.2) is 0 Å². The Hall–Kier alpha value is -1.57. The highest BCUT2D eigenvalue weighted by atomic mass is 16.5. The van der Waals surface area contributed by atoms with Gasteiger partial charge in [-0.25, -0.2) is 0 Å². The van der Waals surface area contributed by atoms with E-state index in [9.17, 15) is 0 Å². The van der Waals surface area contributed by atoms with Gasteiger partial charge >= 0.3 is 0 Å². The van der Waals surface area contributed by atoms with Crippen molar-refractivity contribution >= 4 is 0 Å². The SMILES string of the molecule is Cc1ncccc1OC1=CCCC=C1. The molecule has 1 aliphatic rings. The van der Waals surface area contributed by atoms with E-state index in [0.29, 0.717) is 0 Å². The van der Waals surface area contributed by atoms with Crippen LogP contribution in [0.1, 0.15) is 18.5 Å². The van der Waals surface area contributed by atoms with Crippen LogP contribution in [0.15, 0.2) is 42.3 Å². The largest absolute Gasteiger partial charge is 0.456 e. The van der Waals surface area contributed by atoms with Crippen molar-refractivity contribution in [2.24, 2.45) is 0 Å². The number of rotatable bonds is 2. The molecule has 0 saturated carbocycles. The molecule has 2 rings (SSSR count). The summed E-state index contributed by atoms with van der Waals surface area (Å²) in [7, 11) is 0. The van der Waals surface area contributed by atoms with Crippen LogP contribution < -0.4 is 4.74 Å². The van der Waals surface area contributed by atoms with Crippen LogP contribution in [0.25, 0.3) is 0 Å². The van der Waals surface area contributed by atoms with Gasteiger partial charge in [0.1, 0.15) is 11.5 Å². The van der Waals surface area contributed by atoms with E-state index >= 15 is 0 Å². The molecule has 0 aromatic carbocycles. The second-order valence-electron chi connectivity index (χ2n) is 3.28. The summed E-state index contributed by atoms with van der Waals surface area (Å²) in [5.74, 6) is 1.76. The topological polar surface area (TPSA) is 22.1 Å². The Morgan fingerprint density at radius 3 is 3.00 bits per heavy atom. The molecule has 1 aromatic rings. The number of allylic oxidation sites excluding steroid dienone is 3. The van der Waals surface area contributed by atoms with Gasteiger partial charge < -0.3 is 4.74 Å². The van der Waals surface area contributed by atoms with Gasteiger partial charge in [-0.05, 0) is 44.1 Å². The quantitative estimate of drug-likeness (QED) is 0.710. The molecule has 72 valence electrons. The lowest BCUT2D eigenvalue weighted by atomic mass is 10.2. The van der Waals surface area contributed by atoms with Crippen LogP contribution in [-0.4, -0.2) is 4.98 Å². The van der Waals surface area contributed by atoms with Gasteiger partial charge in [-0.2, -0.15) is 0 Å². The van der Waals surface area contributed by atoms with Crippen molar-refractivity contribution in [2.75, 3.05) is 0 Å². The van der Waals surface area contributed by atoms with E-state index in [4.69, 9.17) is 4.74 Å². The molecule has 14 heavy (non-hydrogen) atoms. The number of ether oxygens (including phenoxy) is 1. The van der Waals surface area contributed by atoms with E-state index in [1.807, 2.05) is 25.1 Å². The third kappa shape index (κ3) is 2.02. The van der Waals surface area contributed by atoms with Crippen molar-refractivity contribution in [1.82, 2.24) is 4.98 Å². The normalized spacial score (nSPS) is 15.1. The minimum atomic E-state index is 0.838. The van der Waals surface area contributed by atoms with E-state index in [-0.39, 0.29) is 0 Å². The second kappa shape index (κ2) is 4.09. The highest BCUT2D eigenvalue weighted by molar-refractivity contribution is 5.30. The van der Waals surface area contributed by atoms with Gasteiger partial charge in [0.05, 0.1) is 5.69 Å². The number of pyridine rings is 1. The van der Waals surface area contributed by atoms with Gasteiger partial charge in [-0.15, -0.1) is 0 Å². The molecule has 0 saturated heterocycles. The van der Waals surface area contributed by atoms with Crippen molar-refractivity contribution in [3.8, 4) is 5.75 Å². The molecule has 1 heterocycles. The molecule has 1 aliphatic carbocycles. The summed E-state index contributed by atoms with van der Waals surface area (Å²) < 4.78 is 5.70. The highest BCUT2D eigenvalue weighted by Gasteiger charge is 2.03. The second-order valence-corrected chi connectivity index (χ2v) is 3.28. The van der Waals surface area contributed by atoms with E-state index in [0.717, 1.165) is 30.0 Å².